The maximum Gasteiger partial charge on any atom is 0.260 e. The summed E-state index contributed by atoms with van der Waals surface area (Å²) in [5.41, 5.74) is 6.76. The zero-order valence-electron chi connectivity index (χ0n) is 11.5. The van der Waals surface area contributed by atoms with Crippen LogP contribution in [0.5, 0.6) is 0 Å². The summed E-state index contributed by atoms with van der Waals surface area (Å²) in [5.74, 6) is 1.13. The SMILES string of the molecule is CN1CCC(CNc2nc3ccc(N)cc3c(=O)[nH]2)C1. The minimum atomic E-state index is -0.159. The molecule has 3 rings (SSSR count). The molecule has 1 fully saturated rings. The van der Waals surface area contributed by atoms with Crippen LogP contribution in [0.4, 0.5) is 11.6 Å². The van der Waals surface area contributed by atoms with E-state index < -0.39 is 0 Å². The summed E-state index contributed by atoms with van der Waals surface area (Å²) in [4.78, 5) is 21.5. The molecule has 2 heterocycles. The highest BCUT2D eigenvalue weighted by atomic mass is 16.1. The number of aromatic amines is 1. The number of fused-ring (bicyclic) bond motifs is 1. The Hall–Kier alpha value is -2.08. The molecule has 1 unspecified atom stereocenters. The highest BCUT2D eigenvalue weighted by Crippen LogP contribution is 2.16. The summed E-state index contributed by atoms with van der Waals surface area (Å²) >= 11 is 0. The molecule has 6 nitrogen and oxygen atoms in total. The van der Waals surface area contributed by atoms with Crippen molar-refractivity contribution in [2.24, 2.45) is 5.92 Å². The lowest BCUT2D eigenvalue weighted by Crippen LogP contribution is -2.21. The Morgan fingerprint density at radius 3 is 3.15 bits per heavy atom. The quantitative estimate of drug-likeness (QED) is 0.722. The van der Waals surface area contributed by atoms with Gasteiger partial charge in [-0.15, -0.1) is 0 Å². The fourth-order valence-electron chi connectivity index (χ4n) is 2.67. The molecule has 2 aromatic rings. The molecule has 4 N–H and O–H groups in total. The molecule has 1 aliphatic heterocycles. The lowest BCUT2D eigenvalue weighted by atomic mass is 10.1. The third kappa shape index (κ3) is 2.60. The Bertz CT molecular complexity index is 681. The summed E-state index contributed by atoms with van der Waals surface area (Å²) in [6.07, 6.45) is 1.18. The molecule has 20 heavy (non-hydrogen) atoms. The van der Waals surface area contributed by atoms with E-state index in [1.54, 1.807) is 18.2 Å². The number of benzene rings is 1. The molecule has 6 heteroatoms. The number of nitrogen functional groups attached to an aromatic ring is 1. The summed E-state index contributed by atoms with van der Waals surface area (Å²) in [5, 5.41) is 3.75. The van der Waals surface area contributed by atoms with E-state index in [1.807, 2.05) is 0 Å². The van der Waals surface area contributed by atoms with Crippen molar-refractivity contribution in [3.05, 3.63) is 28.6 Å². The van der Waals surface area contributed by atoms with Crippen molar-refractivity contribution in [1.29, 1.82) is 0 Å². The first-order chi connectivity index (χ1) is 9.61. The lowest BCUT2D eigenvalue weighted by Gasteiger charge is -2.12. The summed E-state index contributed by atoms with van der Waals surface area (Å²) in [7, 11) is 2.13. The van der Waals surface area contributed by atoms with Crippen molar-refractivity contribution in [3.63, 3.8) is 0 Å². The van der Waals surface area contributed by atoms with Gasteiger partial charge in [-0.05, 0) is 44.1 Å². The van der Waals surface area contributed by atoms with Crippen LogP contribution in [-0.2, 0) is 0 Å². The predicted octanol–water partition coefficient (Wildman–Crippen LogP) is 0.869. The zero-order valence-corrected chi connectivity index (χ0v) is 11.5. The van der Waals surface area contributed by atoms with Crippen LogP contribution < -0.4 is 16.6 Å². The molecule has 1 aromatic heterocycles. The number of aromatic nitrogens is 2. The van der Waals surface area contributed by atoms with Gasteiger partial charge < -0.3 is 16.0 Å². The van der Waals surface area contributed by atoms with Gasteiger partial charge in [0.25, 0.3) is 5.56 Å². The maximum atomic E-state index is 12.0. The standard InChI is InChI=1S/C14H19N5O/c1-19-5-4-9(8-19)7-16-14-17-12-3-2-10(15)6-11(12)13(20)18-14/h2-3,6,9H,4-5,7-8,15H2,1H3,(H2,16,17,18,20). The molecular weight excluding hydrogens is 254 g/mol. The van der Waals surface area contributed by atoms with E-state index in [4.69, 9.17) is 5.73 Å². The van der Waals surface area contributed by atoms with Crippen molar-refractivity contribution in [2.45, 2.75) is 6.42 Å². The highest BCUT2D eigenvalue weighted by molar-refractivity contribution is 5.81. The van der Waals surface area contributed by atoms with Crippen molar-refractivity contribution < 1.29 is 0 Å². The van der Waals surface area contributed by atoms with Crippen LogP contribution in [0.25, 0.3) is 10.9 Å². The molecule has 0 radical (unpaired) electrons. The highest BCUT2D eigenvalue weighted by Gasteiger charge is 2.19. The third-order valence-corrected chi connectivity index (χ3v) is 3.78. The number of H-pyrrole nitrogens is 1. The Morgan fingerprint density at radius 1 is 1.55 bits per heavy atom. The van der Waals surface area contributed by atoms with E-state index in [-0.39, 0.29) is 5.56 Å². The van der Waals surface area contributed by atoms with Gasteiger partial charge in [-0.1, -0.05) is 0 Å². The number of hydrogen-bond donors (Lipinski definition) is 3. The number of rotatable bonds is 3. The first-order valence-corrected chi connectivity index (χ1v) is 6.84. The fourth-order valence-corrected chi connectivity index (χ4v) is 2.67. The van der Waals surface area contributed by atoms with Crippen molar-refractivity contribution in [3.8, 4) is 0 Å². The first-order valence-electron chi connectivity index (χ1n) is 6.84. The van der Waals surface area contributed by atoms with Crippen LogP contribution in [0.1, 0.15) is 6.42 Å². The number of nitrogens with one attached hydrogen (secondary N) is 2. The average molecular weight is 273 g/mol. The Morgan fingerprint density at radius 2 is 2.40 bits per heavy atom. The van der Waals surface area contributed by atoms with Gasteiger partial charge in [0, 0.05) is 18.8 Å². The topological polar surface area (TPSA) is 87.0 Å². The molecule has 1 atom stereocenters. The van der Waals surface area contributed by atoms with Crippen LogP contribution in [0.2, 0.25) is 0 Å². The van der Waals surface area contributed by atoms with Gasteiger partial charge in [0.05, 0.1) is 10.9 Å². The molecule has 0 amide bonds. The number of nitrogens with two attached hydrogens (primary N) is 1. The molecule has 0 spiro atoms. The normalized spacial score (nSPS) is 19.6. The minimum Gasteiger partial charge on any atom is -0.399 e. The van der Waals surface area contributed by atoms with Gasteiger partial charge in [0.2, 0.25) is 5.95 Å². The number of anilines is 2. The number of nitrogens with zero attached hydrogens (tertiary/aromatic N) is 2. The van der Waals surface area contributed by atoms with E-state index in [1.165, 1.54) is 6.42 Å². The van der Waals surface area contributed by atoms with Gasteiger partial charge in [-0.25, -0.2) is 4.98 Å². The van der Waals surface area contributed by atoms with Crippen LogP contribution >= 0.6 is 0 Å². The van der Waals surface area contributed by atoms with E-state index in [2.05, 4.69) is 27.2 Å². The second-order valence-corrected chi connectivity index (χ2v) is 5.49. The zero-order chi connectivity index (χ0) is 14.1. The number of likely N-dealkylation sites (tertiary alicyclic amines) is 1. The first kappa shape index (κ1) is 12.9. The Labute approximate surface area is 117 Å². The van der Waals surface area contributed by atoms with Crippen LogP contribution in [0, 0.1) is 5.92 Å². The second-order valence-electron chi connectivity index (χ2n) is 5.49. The van der Waals surface area contributed by atoms with Crippen molar-refractivity contribution in [1.82, 2.24) is 14.9 Å². The average Bonchev–Trinajstić information content (AvgIpc) is 2.83. The van der Waals surface area contributed by atoms with Gasteiger partial charge in [0.1, 0.15) is 0 Å². The number of hydrogen-bond acceptors (Lipinski definition) is 5. The minimum absolute atomic E-state index is 0.159. The van der Waals surface area contributed by atoms with Crippen LogP contribution in [-0.4, -0.2) is 41.5 Å². The van der Waals surface area contributed by atoms with E-state index in [9.17, 15) is 4.79 Å². The second kappa shape index (κ2) is 5.13. The molecule has 1 aliphatic rings. The van der Waals surface area contributed by atoms with E-state index >= 15 is 0 Å². The van der Waals surface area contributed by atoms with E-state index in [0.29, 0.717) is 28.5 Å². The third-order valence-electron chi connectivity index (χ3n) is 3.78. The maximum absolute atomic E-state index is 12.0. The molecule has 1 saturated heterocycles. The molecule has 0 aliphatic carbocycles. The van der Waals surface area contributed by atoms with Crippen LogP contribution in [0.15, 0.2) is 23.0 Å². The van der Waals surface area contributed by atoms with Crippen molar-refractivity contribution >= 4 is 22.5 Å². The molecule has 1 aromatic carbocycles. The molecule has 0 bridgehead atoms. The molecule has 0 saturated carbocycles. The predicted molar refractivity (Wildman–Crippen MR) is 80.9 cm³/mol. The van der Waals surface area contributed by atoms with Gasteiger partial charge >= 0.3 is 0 Å². The Kier molecular flexibility index (Phi) is 3.31. The Balaban J connectivity index is 1.79. The smallest absolute Gasteiger partial charge is 0.260 e. The van der Waals surface area contributed by atoms with Gasteiger partial charge in [-0.2, -0.15) is 0 Å². The van der Waals surface area contributed by atoms with Crippen LogP contribution in [0.3, 0.4) is 0 Å². The monoisotopic (exact) mass is 273 g/mol. The summed E-state index contributed by atoms with van der Waals surface area (Å²) < 4.78 is 0. The summed E-state index contributed by atoms with van der Waals surface area (Å²) in [6, 6.07) is 5.18. The fraction of sp³-hybridized carbons (Fsp3) is 0.429. The van der Waals surface area contributed by atoms with E-state index in [0.717, 1.165) is 19.6 Å². The van der Waals surface area contributed by atoms with Gasteiger partial charge in [-0.3, -0.25) is 9.78 Å². The molecule has 106 valence electrons. The molecular formula is C14H19N5O. The summed E-state index contributed by atoms with van der Waals surface area (Å²) in [6.45, 7) is 3.04. The van der Waals surface area contributed by atoms with Gasteiger partial charge in [0.15, 0.2) is 0 Å². The lowest BCUT2D eigenvalue weighted by molar-refractivity contribution is 0.399. The largest absolute Gasteiger partial charge is 0.399 e. The van der Waals surface area contributed by atoms with Crippen molar-refractivity contribution in [2.75, 3.05) is 37.7 Å².